The summed E-state index contributed by atoms with van der Waals surface area (Å²) in [6.07, 6.45) is 4.11. The Morgan fingerprint density at radius 3 is 2.50 bits per heavy atom. The molecule has 2 aromatic rings. The van der Waals surface area contributed by atoms with Crippen molar-refractivity contribution in [1.29, 1.82) is 0 Å². The zero-order valence-electron chi connectivity index (χ0n) is 17.2. The van der Waals surface area contributed by atoms with Gasteiger partial charge in [0.25, 0.3) is 5.91 Å². The lowest BCUT2D eigenvalue weighted by Gasteiger charge is -2.51. The van der Waals surface area contributed by atoms with Crippen LogP contribution in [0.4, 0.5) is 0 Å². The zero-order valence-corrected chi connectivity index (χ0v) is 18.8. The minimum absolute atomic E-state index is 0. The van der Waals surface area contributed by atoms with Crippen molar-refractivity contribution in [3.63, 3.8) is 0 Å². The Hall–Kier alpha value is -1.67. The summed E-state index contributed by atoms with van der Waals surface area (Å²) in [6, 6.07) is 9.55. The normalized spacial score (nSPS) is 29.1. The Labute approximate surface area is 189 Å². The summed E-state index contributed by atoms with van der Waals surface area (Å²) in [6.45, 7) is 6.25. The topological polar surface area (TPSA) is 80.3 Å². The van der Waals surface area contributed by atoms with Crippen molar-refractivity contribution in [3.8, 4) is 0 Å². The Balaban J connectivity index is 0.00000128. The van der Waals surface area contributed by atoms with Gasteiger partial charge in [0.05, 0.1) is 18.8 Å². The number of hydrogen-bond acceptors (Lipinski definition) is 5. The van der Waals surface area contributed by atoms with E-state index in [2.05, 4.69) is 51.3 Å². The smallest absolute Gasteiger partial charge is 0.276 e. The Bertz CT molecular complexity index is 865. The number of hydrogen-bond donors (Lipinski definition) is 1. The summed E-state index contributed by atoms with van der Waals surface area (Å²) in [5, 5.41) is 8.21. The molecule has 5 heterocycles. The van der Waals surface area contributed by atoms with E-state index in [0.29, 0.717) is 36.7 Å². The standard InChI is InChI=1S/C21H28N6O.2ClH/c1-14-2-4-15(5-3-14)17-12-27(19-16-6-9-25(10-7-16)20(17)19)21(28)18-13-26(11-8-22)24-23-18;;/h2-5,13,16-17,19-20H,6-12,22H2,1H3;2*1H/t17-,19+,20+;;/m0../s1. The van der Waals surface area contributed by atoms with E-state index < -0.39 is 0 Å². The van der Waals surface area contributed by atoms with Crippen molar-refractivity contribution < 1.29 is 4.79 Å². The van der Waals surface area contributed by atoms with Crippen LogP contribution in [0.1, 0.15) is 40.4 Å². The number of piperidine rings is 3. The van der Waals surface area contributed by atoms with Crippen LogP contribution in [0, 0.1) is 12.8 Å². The first-order valence-electron chi connectivity index (χ1n) is 10.4. The second-order valence-electron chi connectivity index (χ2n) is 8.48. The van der Waals surface area contributed by atoms with E-state index in [1.54, 1.807) is 10.9 Å². The number of aryl methyl sites for hydroxylation is 1. The van der Waals surface area contributed by atoms with E-state index in [0.717, 1.165) is 19.6 Å². The van der Waals surface area contributed by atoms with Crippen LogP contribution in [0.3, 0.4) is 0 Å². The second-order valence-corrected chi connectivity index (χ2v) is 8.48. The van der Waals surface area contributed by atoms with Crippen LogP contribution in [-0.2, 0) is 6.54 Å². The molecule has 0 spiro atoms. The van der Waals surface area contributed by atoms with Crippen molar-refractivity contribution in [3.05, 3.63) is 47.3 Å². The molecular weight excluding hydrogens is 423 g/mol. The summed E-state index contributed by atoms with van der Waals surface area (Å²) in [5.74, 6) is 0.965. The van der Waals surface area contributed by atoms with Crippen molar-refractivity contribution in [1.82, 2.24) is 24.8 Å². The molecule has 4 aliphatic heterocycles. The Morgan fingerprint density at radius 2 is 1.83 bits per heavy atom. The summed E-state index contributed by atoms with van der Waals surface area (Å²) in [4.78, 5) is 18.1. The maximum absolute atomic E-state index is 13.4. The fourth-order valence-electron chi connectivity index (χ4n) is 5.55. The van der Waals surface area contributed by atoms with Crippen LogP contribution >= 0.6 is 24.8 Å². The molecular formula is C21H30Cl2N6O. The lowest BCUT2D eigenvalue weighted by atomic mass is 9.75. The minimum Gasteiger partial charge on any atom is -0.332 e. The number of nitrogens with zero attached hydrogens (tertiary/aromatic N) is 5. The highest BCUT2D eigenvalue weighted by molar-refractivity contribution is 5.92. The largest absolute Gasteiger partial charge is 0.332 e. The minimum atomic E-state index is 0. The van der Waals surface area contributed by atoms with E-state index in [-0.39, 0.29) is 36.8 Å². The first kappa shape index (κ1) is 23.0. The van der Waals surface area contributed by atoms with Crippen LogP contribution in [0.2, 0.25) is 0 Å². The van der Waals surface area contributed by atoms with E-state index in [1.165, 1.54) is 24.0 Å². The monoisotopic (exact) mass is 452 g/mol. The number of carbonyl (C=O) groups excluding carboxylic acids is 1. The fraction of sp³-hybridized carbons (Fsp3) is 0.571. The van der Waals surface area contributed by atoms with Gasteiger partial charge in [0.2, 0.25) is 0 Å². The molecule has 4 fully saturated rings. The highest BCUT2D eigenvalue weighted by Crippen LogP contribution is 2.46. The molecule has 30 heavy (non-hydrogen) atoms. The van der Waals surface area contributed by atoms with Crippen LogP contribution in [0.15, 0.2) is 30.5 Å². The van der Waals surface area contributed by atoms with Gasteiger partial charge in [0, 0.05) is 25.0 Å². The van der Waals surface area contributed by atoms with E-state index in [4.69, 9.17) is 5.73 Å². The van der Waals surface area contributed by atoms with Gasteiger partial charge in [-0.05, 0) is 44.3 Å². The van der Waals surface area contributed by atoms with Gasteiger partial charge in [0.1, 0.15) is 0 Å². The molecule has 3 atom stereocenters. The zero-order chi connectivity index (χ0) is 19.3. The van der Waals surface area contributed by atoms with Gasteiger partial charge in [0.15, 0.2) is 5.69 Å². The predicted molar refractivity (Wildman–Crippen MR) is 120 cm³/mol. The maximum atomic E-state index is 13.4. The van der Waals surface area contributed by atoms with Crippen molar-refractivity contribution in [2.75, 3.05) is 26.2 Å². The van der Waals surface area contributed by atoms with E-state index in [9.17, 15) is 4.79 Å². The predicted octanol–water partition coefficient (Wildman–Crippen LogP) is 2.09. The molecule has 9 heteroatoms. The maximum Gasteiger partial charge on any atom is 0.276 e. The summed E-state index contributed by atoms with van der Waals surface area (Å²) in [5.41, 5.74) is 8.65. The van der Waals surface area contributed by atoms with E-state index in [1.807, 2.05) is 0 Å². The molecule has 4 aliphatic rings. The number of amides is 1. The number of halogens is 2. The molecule has 0 aliphatic carbocycles. The van der Waals surface area contributed by atoms with Gasteiger partial charge in [-0.3, -0.25) is 14.4 Å². The number of fused-ring (bicyclic) bond motifs is 2. The molecule has 0 saturated carbocycles. The quantitative estimate of drug-likeness (QED) is 0.767. The van der Waals surface area contributed by atoms with Crippen LogP contribution in [0.25, 0.3) is 0 Å². The lowest BCUT2D eigenvalue weighted by Crippen LogP contribution is -2.60. The average Bonchev–Trinajstić information content (AvgIpc) is 3.36. The van der Waals surface area contributed by atoms with Gasteiger partial charge in [-0.25, -0.2) is 0 Å². The Kier molecular flexibility index (Phi) is 7.07. The molecule has 0 unspecified atom stereocenters. The average molecular weight is 453 g/mol. The number of carbonyl (C=O) groups is 1. The molecule has 2 N–H and O–H groups in total. The second kappa shape index (κ2) is 9.22. The third kappa shape index (κ3) is 3.84. The fourth-order valence-corrected chi connectivity index (χ4v) is 5.55. The molecule has 164 valence electrons. The van der Waals surface area contributed by atoms with Crippen LogP contribution in [0.5, 0.6) is 0 Å². The van der Waals surface area contributed by atoms with Gasteiger partial charge < -0.3 is 10.6 Å². The molecule has 1 aromatic carbocycles. The van der Waals surface area contributed by atoms with Crippen LogP contribution < -0.4 is 5.73 Å². The molecule has 0 radical (unpaired) electrons. The van der Waals surface area contributed by atoms with Crippen LogP contribution in [-0.4, -0.2) is 69.0 Å². The van der Waals surface area contributed by atoms with Gasteiger partial charge in [-0.1, -0.05) is 35.0 Å². The summed E-state index contributed by atoms with van der Waals surface area (Å²) in [7, 11) is 0. The number of benzene rings is 1. The Morgan fingerprint density at radius 1 is 1.13 bits per heavy atom. The first-order chi connectivity index (χ1) is 13.7. The molecule has 6 rings (SSSR count). The number of nitrogens with two attached hydrogens (primary N) is 1. The van der Waals surface area contributed by atoms with E-state index >= 15 is 0 Å². The van der Waals surface area contributed by atoms with Gasteiger partial charge in [-0.2, -0.15) is 0 Å². The highest BCUT2D eigenvalue weighted by atomic mass is 35.5. The SMILES string of the molecule is Cc1ccc([C@@H]2CN(C(=O)c3cn(CCN)nn3)[C@@H]3C4CCN(CC4)[C@@H]32)cc1.Cl.Cl. The highest BCUT2D eigenvalue weighted by Gasteiger charge is 2.54. The number of aromatic nitrogens is 3. The number of likely N-dealkylation sites (tertiary alicyclic amines) is 1. The summed E-state index contributed by atoms with van der Waals surface area (Å²) < 4.78 is 1.66. The molecule has 1 aromatic heterocycles. The molecule has 4 saturated heterocycles. The summed E-state index contributed by atoms with van der Waals surface area (Å²) >= 11 is 0. The third-order valence-corrected chi connectivity index (χ3v) is 6.88. The molecule has 1 amide bonds. The third-order valence-electron chi connectivity index (χ3n) is 6.88. The van der Waals surface area contributed by atoms with Gasteiger partial charge in [-0.15, -0.1) is 29.9 Å². The number of rotatable bonds is 4. The molecule has 2 bridgehead atoms. The van der Waals surface area contributed by atoms with Crippen molar-refractivity contribution in [2.24, 2.45) is 11.7 Å². The van der Waals surface area contributed by atoms with Crippen molar-refractivity contribution in [2.45, 2.75) is 44.3 Å². The molecule has 7 nitrogen and oxygen atoms in total. The first-order valence-corrected chi connectivity index (χ1v) is 10.4. The lowest BCUT2D eigenvalue weighted by molar-refractivity contribution is -0.00358. The van der Waals surface area contributed by atoms with Crippen molar-refractivity contribution >= 4 is 30.7 Å². The van der Waals surface area contributed by atoms with Gasteiger partial charge >= 0.3 is 0 Å².